The molecule has 0 aliphatic rings. The topological polar surface area (TPSA) is 76.1 Å². The highest BCUT2D eigenvalue weighted by Crippen LogP contribution is 2.20. The average molecular weight is 362 g/mol. The molecule has 6 nitrogen and oxygen atoms in total. The lowest BCUT2D eigenvalue weighted by Gasteiger charge is -2.09. The summed E-state index contributed by atoms with van der Waals surface area (Å²) in [5.74, 6) is 1.83. The van der Waals surface area contributed by atoms with Crippen molar-refractivity contribution in [1.82, 2.24) is 10.2 Å². The van der Waals surface area contributed by atoms with Crippen molar-refractivity contribution < 1.29 is 9.53 Å². The van der Waals surface area contributed by atoms with Gasteiger partial charge < -0.3 is 15.4 Å². The fraction of sp³-hybridized carbons (Fsp3) is 0.190. The number of carbonyl (C=O) groups excluding carboxylic acids is 1. The van der Waals surface area contributed by atoms with Crippen molar-refractivity contribution in [3.8, 4) is 5.75 Å². The lowest BCUT2D eigenvalue weighted by Crippen LogP contribution is -2.13. The van der Waals surface area contributed by atoms with Crippen LogP contribution in [0.5, 0.6) is 5.75 Å². The molecule has 3 rings (SSSR count). The fourth-order valence-electron chi connectivity index (χ4n) is 2.52. The maximum atomic E-state index is 12.3. The minimum absolute atomic E-state index is 0.270. The smallest absolute Gasteiger partial charge is 0.256 e. The van der Waals surface area contributed by atoms with Crippen molar-refractivity contribution in [3.63, 3.8) is 0 Å². The molecular weight excluding hydrogens is 340 g/mol. The van der Waals surface area contributed by atoms with Gasteiger partial charge in [0.2, 0.25) is 0 Å². The standard InChI is InChI=1S/C21H22N4O2/c1-14(2)15-7-9-17(10-8-15)22-19-11-12-20(25-24-19)23-21(26)16-5-4-6-18(13-16)27-3/h4-14H,1-3H3,(H,22,24)(H,23,25,26). The maximum Gasteiger partial charge on any atom is 0.256 e. The number of nitrogens with zero attached hydrogens (tertiary/aromatic N) is 2. The molecule has 0 unspecified atom stereocenters. The van der Waals surface area contributed by atoms with Gasteiger partial charge >= 0.3 is 0 Å². The molecule has 0 fully saturated rings. The Kier molecular flexibility index (Phi) is 5.66. The second-order valence-electron chi connectivity index (χ2n) is 6.39. The van der Waals surface area contributed by atoms with Gasteiger partial charge in [0.1, 0.15) is 5.75 Å². The van der Waals surface area contributed by atoms with Crippen LogP contribution in [0, 0.1) is 0 Å². The van der Waals surface area contributed by atoms with Gasteiger partial charge in [-0.2, -0.15) is 0 Å². The van der Waals surface area contributed by atoms with Gasteiger partial charge in [-0.1, -0.05) is 32.0 Å². The Morgan fingerprint density at radius 1 is 0.963 bits per heavy atom. The van der Waals surface area contributed by atoms with E-state index in [1.54, 1.807) is 43.5 Å². The zero-order valence-corrected chi connectivity index (χ0v) is 15.6. The predicted octanol–water partition coefficient (Wildman–Crippen LogP) is 4.60. The van der Waals surface area contributed by atoms with Crippen molar-refractivity contribution in [3.05, 3.63) is 71.8 Å². The first kappa shape index (κ1) is 18.4. The van der Waals surface area contributed by atoms with E-state index in [4.69, 9.17) is 4.74 Å². The largest absolute Gasteiger partial charge is 0.497 e. The summed E-state index contributed by atoms with van der Waals surface area (Å²) >= 11 is 0. The van der Waals surface area contributed by atoms with Gasteiger partial charge in [0, 0.05) is 11.3 Å². The number of carbonyl (C=O) groups is 1. The number of aromatic nitrogens is 2. The third-order valence-corrected chi connectivity index (χ3v) is 4.09. The number of hydrogen-bond donors (Lipinski definition) is 2. The summed E-state index contributed by atoms with van der Waals surface area (Å²) in [6.45, 7) is 4.32. The zero-order valence-electron chi connectivity index (χ0n) is 15.6. The Bertz CT molecular complexity index is 906. The Balaban J connectivity index is 1.63. The molecule has 0 bridgehead atoms. The van der Waals surface area contributed by atoms with Gasteiger partial charge in [0.25, 0.3) is 5.91 Å². The summed E-state index contributed by atoms with van der Waals surface area (Å²) in [5, 5.41) is 14.1. The van der Waals surface area contributed by atoms with Crippen LogP contribution in [-0.2, 0) is 0 Å². The molecule has 1 heterocycles. The summed E-state index contributed by atoms with van der Waals surface area (Å²) in [5.41, 5.74) is 2.70. The molecular formula is C21H22N4O2. The van der Waals surface area contributed by atoms with Crippen LogP contribution >= 0.6 is 0 Å². The Hall–Kier alpha value is -3.41. The van der Waals surface area contributed by atoms with E-state index in [-0.39, 0.29) is 5.91 Å². The van der Waals surface area contributed by atoms with Gasteiger partial charge in [-0.15, -0.1) is 10.2 Å². The van der Waals surface area contributed by atoms with E-state index >= 15 is 0 Å². The minimum Gasteiger partial charge on any atom is -0.497 e. The third kappa shape index (κ3) is 4.82. The Morgan fingerprint density at radius 2 is 1.67 bits per heavy atom. The van der Waals surface area contributed by atoms with Crippen LogP contribution in [0.25, 0.3) is 0 Å². The summed E-state index contributed by atoms with van der Waals surface area (Å²) in [6, 6.07) is 18.6. The summed E-state index contributed by atoms with van der Waals surface area (Å²) in [4.78, 5) is 12.3. The molecule has 1 aromatic heterocycles. The van der Waals surface area contributed by atoms with E-state index in [0.717, 1.165) is 5.69 Å². The first-order chi connectivity index (χ1) is 13.0. The molecule has 0 aliphatic heterocycles. The van der Waals surface area contributed by atoms with E-state index in [0.29, 0.717) is 28.9 Å². The lowest BCUT2D eigenvalue weighted by atomic mass is 10.0. The number of amides is 1. The average Bonchev–Trinajstić information content (AvgIpc) is 2.70. The zero-order chi connectivity index (χ0) is 19.2. The van der Waals surface area contributed by atoms with Gasteiger partial charge in [0.15, 0.2) is 11.6 Å². The SMILES string of the molecule is COc1cccc(C(=O)Nc2ccc(Nc3ccc(C(C)C)cc3)nn2)c1. The molecule has 0 spiro atoms. The van der Waals surface area contributed by atoms with E-state index in [2.05, 4.69) is 46.8 Å². The number of hydrogen-bond acceptors (Lipinski definition) is 5. The highest BCUT2D eigenvalue weighted by atomic mass is 16.5. The van der Waals surface area contributed by atoms with Crippen molar-refractivity contribution in [2.24, 2.45) is 0 Å². The van der Waals surface area contributed by atoms with Crippen LogP contribution in [0.3, 0.4) is 0 Å². The Morgan fingerprint density at radius 3 is 2.30 bits per heavy atom. The lowest BCUT2D eigenvalue weighted by molar-refractivity contribution is 0.102. The summed E-state index contributed by atoms with van der Waals surface area (Å²) < 4.78 is 5.13. The molecule has 6 heteroatoms. The molecule has 27 heavy (non-hydrogen) atoms. The molecule has 2 aromatic carbocycles. The minimum atomic E-state index is -0.270. The van der Waals surface area contributed by atoms with E-state index in [1.165, 1.54) is 5.56 Å². The second-order valence-corrected chi connectivity index (χ2v) is 6.39. The van der Waals surface area contributed by atoms with Gasteiger partial charge in [0.05, 0.1) is 7.11 Å². The molecule has 2 N–H and O–H groups in total. The fourth-order valence-corrected chi connectivity index (χ4v) is 2.52. The molecule has 0 saturated carbocycles. The van der Waals surface area contributed by atoms with Crippen LogP contribution in [0.15, 0.2) is 60.7 Å². The number of rotatable bonds is 6. The van der Waals surface area contributed by atoms with Crippen molar-refractivity contribution in [2.75, 3.05) is 17.7 Å². The van der Waals surface area contributed by atoms with E-state index in [1.807, 2.05) is 12.1 Å². The van der Waals surface area contributed by atoms with Gasteiger partial charge in [-0.25, -0.2) is 0 Å². The third-order valence-electron chi connectivity index (χ3n) is 4.09. The van der Waals surface area contributed by atoms with Crippen LogP contribution < -0.4 is 15.4 Å². The normalized spacial score (nSPS) is 10.5. The molecule has 0 atom stereocenters. The van der Waals surface area contributed by atoms with Crippen LogP contribution in [0.1, 0.15) is 35.7 Å². The number of methoxy groups -OCH3 is 1. The monoisotopic (exact) mass is 362 g/mol. The van der Waals surface area contributed by atoms with Gasteiger partial charge in [-0.3, -0.25) is 4.79 Å². The number of ether oxygens (including phenoxy) is 1. The van der Waals surface area contributed by atoms with E-state index in [9.17, 15) is 4.79 Å². The van der Waals surface area contributed by atoms with Crippen molar-refractivity contribution >= 4 is 23.2 Å². The number of benzene rings is 2. The van der Waals surface area contributed by atoms with Crippen LogP contribution in [-0.4, -0.2) is 23.2 Å². The molecule has 0 aliphatic carbocycles. The van der Waals surface area contributed by atoms with Crippen LogP contribution in [0.4, 0.5) is 17.3 Å². The molecule has 0 radical (unpaired) electrons. The quantitative estimate of drug-likeness (QED) is 0.670. The number of anilines is 3. The summed E-state index contributed by atoms with van der Waals surface area (Å²) in [7, 11) is 1.56. The maximum absolute atomic E-state index is 12.3. The van der Waals surface area contributed by atoms with Crippen LogP contribution in [0.2, 0.25) is 0 Å². The van der Waals surface area contributed by atoms with Crippen molar-refractivity contribution in [2.45, 2.75) is 19.8 Å². The first-order valence-corrected chi connectivity index (χ1v) is 8.71. The number of nitrogens with one attached hydrogen (secondary N) is 2. The highest BCUT2D eigenvalue weighted by molar-refractivity contribution is 6.03. The molecule has 3 aromatic rings. The highest BCUT2D eigenvalue weighted by Gasteiger charge is 2.08. The predicted molar refractivity (Wildman–Crippen MR) is 107 cm³/mol. The van der Waals surface area contributed by atoms with E-state index < -0.39 is 0 Å². The van der Waals surface area contributed by atoms with Gasteiger partial charge in [-0.05, 0) is 53.9 Å². The Labute approximate surface area is 158 Å². The molecule has 1 amide bonds. The molecule has 138 valence electrons. The molecule has 0 saturated heterocycles. The second kappa shape index (κ2) is 8.31. The summed E-state index contributed by atoms with van der Waals surface area (Å²) in [6.07, 6.45) is 0. The van der Waals surface area contributed by atoms with Crippen molar-refractivity contribution in [1.29, 1.82) is 0 Å². The first-order valence-electron chi connectivity index (χ1n) is 8.71.